The summed E-state index contributed by atoms with van der Waals surface area (Å²) in [4.78, 5) is 3.20. The Morgan fingerprint density at radius 1 is 0.556 bits per heavy atom. The monoisotopic (exact) mass is 405 g/mol. The third kappa shape index (κ3) is 4.03. The molecule has 3 saturated carbocycles. The van der Waals surface area contributed by atoms with Crippen LogP contribution in [0, 0.1) is 11.8 Å². The Morgan fingerprint density at radius 2 is 1.00 bits per heavy atom. The molecule has 1 heterocycles. The Morgan fingerprint density at radius 3 is 1.41 bits per heavy atom. The maximum atomic E-state index is 3.20. The predicted molar refractivity (Wildman–Crippen MR) is 125 cm³/mol. The molecule has 1 nitrogen and oxygen atoms in total. The maximum Gasteiger partial charge on any atom is 0.0473 e. The molecular formula is C24H47NSi2. The van der Waals surface area contributed by atoms with E-state index >= 15 is 0 Å². The van der Waals surface area contributed by atoms with Crippen molar-refractivity contribution in [3.8, 4) is 0 Å². The molecule has 0 aromatic carbocycles. The molecule has 4 fully saturated rings. The summed E-state index contributed by atoms with van der Waals surface area (Å²) in [6, 6.07) is 2.89. The lowest BCUT2D eigenvalue weighted by atomic mass is 9.73. The first-order valence-corrected chi connectivity index (χ1v) is 19.6. The molecule has 3 aliphatic carbocycles. The largest absolute Gasteiger partial charge is 0.294 e. The number of hydrogen-bond donors (Lipinski definition) is 0. The zero-order valence-corrected chi connectivity index (χ0v) is 21.3. The van der Waals surface area contributed by atoms with Gasteiger partial charge in [-0.25, -0.2) is 0 Å². The topological polar surface area (TPSA) is 3.24 Å². The van der Waals surface area contributed by atoms with Crippen LogP contribution in [0.1, 0.15) is 70.6 Å². The van der Waals surface area contributed by atoms with Gasteiger partial charge in [0.2, 0.25) is 0 Å². The number of rotatable bonds is 3. The summed E-state index contributed by atoms with van der Waals surface area (Å²) in [5, 5.41) is 0. The van der Waals surface area contributed by atoms with Crippen molar-refractivity contribution in [3.63, 3.8) is 0 Å². The lowest BCUT2D eigenvalue weighted by Crippen LogP contribution is -2.49. The molecule has 4 rings (SSSR count). The molecule has 0 radical (unpaired) electrons. The van der Waals surface area contributed by atoms with Gasteiger partial charge in [-0.1, -0.05) is 71.4 Å². The van der Waals surface area contributed by atoms with Crippen LogP contribution in [0.2, 0.25) is 50.4 Å². The molecular weight excluding hydrogens is 358 g/mol. The van der Waals surface area contributed by atoms with E-state index in [4.69, 9.17) is 0 Å². The second-order valence-corrected chi connectivity index (χ2v) is 24.1. The van der Waals surface area contributed by atoms with Crippen LogP contribution in [-0.4, -0.2) is 39.2 Å². The standard InChI is InChI=1S/C24H47NSi2/c1-26(2,3)19-12-14-23-21(16-19)22-17-20(27(4,5)6)13-15-24(22)25(23)18-10-8-7-9-11-18/h18-24H,7-17H2,1-6H3. The van der Waals surface area contributed by atoms with Crippen LogP contribution in [0.4, 0.5) is 0 Å². The molecule has 1 aliphatic heterocycles. The minimum Gasteiger partial charge on any atom is -0.294 e. The second kappa shape index (κ2) is 7.58. The van der Waals surface area contributed by atoms with E-state index in [9.17, 15) is 0 Å². The summed E-state index contributed by atoms with van der Waals surface area (Å²) in [6.07, 6.45) is 16.9. The predicted octanol–water partition coefficient (Wildman–Crippen LogP) is 7.39. The molecule has 1 saturated heterocycles. The Labute approximate surface area is 172 Å². The van der Waals surface area contributed by atoms with Gasteiger partial charge in [0.25, 0.3) is 0 Å². The minimum absolute atomic E-state index is 0.952. The molecule has 0 N–H and O–H groups in total. The third-order valence-electron chi connectivity index (χ3n) is 9.49. The average Bonchev–Trinajstić information content (AvgIpc) is 2.94. The molecule has 0 bridgehead atoms. The number of hydrogen-bond acceptors (Lipinski definition) is 1. The van der Waals surface area contributed by atoms with Gasteiger partial charge in [-0.15, -0.1) is 0 Å². The molecule has 3 heteroatoms. The number of fused-ring (bicyclic) bond motifs is 3. The highest BCUT2D eigenvalue weighted by Crippen LogP contribution is 2.57. The molecule has 0 aromatic rings. The van der Waals surface area contributed by atoms with Gasteiger partial charge >= 0.3 is 0 Å². The highest BCUT2D eigenvalue weighted by molar-refractivity contribution is 6.78. The number of likely N-dealkylation sites (tertiary alicyclic amines) is 1. The second-order valence-electron chi connectivity index (χ2n) is 13.0. The normalized spacial score (nSPS) is 42.0. The van der Waals surface area contributed by atoms with Crippen LogP contribution < -0.4 is 0 Å². The lowest BCUT2D eigenvalue weighted by molar-refractivity contribution is 0.0649. The summed E-state index contributed by atoms with van der Waals surface area (Å²) in [6.45, 7) is 15.9. The van der Waals surface area contributed by atoms with Crippen LogP contribution in [-0.2, 0) is 0 Å². The first-order valence-electron chi connectivity index (χ1n) is 12.4. The lowest BCUT2D eigenvalue weighted by Gasteiger charge is -2.45. The Balaban J connectivity index is 1.59. The first-order chi connectivity index (χ1) is 12.7. The molecule has 0 aromatic heterocycles. The van der Waals surface area contributed by atoms with Crippen molar-refractivity contribution in [1.29, 1.82) is 0 Å². The Hall–Kier alpha value is 0.394. The van der Waals surface area contributed by atoms with Crippen molar-refractivity contribution < 1.29 is 0 Å². The summed E-state index contributed by atoms with van der Waals surface area (Å²) < 4.78 is 0. The van der Waals surface area contributed by atoms with Gasteiger partial charge in [0.05, 0.1) is 0 Å². The van der Waals surface area contributed by atoms with E-state index in [0.717, 1.165) is 41.0 Å². The molecule has 6 atom stereocenters. The molecule has 6 unspecified atom stereocenters. The molecule has 156 valence electrons. The van der Waals surface area contributed by atoms with Crippen LogP contribution in [0.5, 0.6) is 0 Å². The van der Waals surface area contributed by atoms with Crippen molar-refractivity contribution in [2.24, 2.45) is 11.8 Å². The van der Waals surface area contributed by atoms with E-state index in [2.05, 4.69) is 44.2 Å². The zero-order chi connectivity index (χ0) is 19.4. The van der Waals surface area contributed by atoms with Gasteiger partial charge in [-0.3, -0.25) is 4.90 Å². The van der Waals surface area contributed by atoms with Crippen molar-refractivity contribution in [1.82, 2.24) is 4.90 Å². The molecule has 0 spiro atoms. The van der Waals surface area contributed by atoms with E-state index in [-0.39, 0.29) is 0 Å². The maximum absolute atomic E-state index is 3.20. The van der Waals surface area contributed by atoms with Gasteiger partial charge in [0, 0.05) is 34.3 Å². The van der Waals surface area contributed by atoms with Crippen molar-refractivity contribution in [3.05, 3.63) is 0 Å². The molecule has 27 heavy (non-hydrogen) atoms. The average molecular weight is 406 g/mol. The highest BCUT2D eigenvalue weighted by atomic mass is 28.3. The van der Waals surface area contributed by atoms with Gasteiger partial charge in [-0.2, -0.15) is 0 Å². The Kier molecular flexibility index (Phi) is 5.80. The van der Waals surface area contributed by atoms with Gasteiger partial charge in [-0.05, 0) is 61.4 Å². The van der Waals surface area contributed by atoms with E-state index < -0.39 is 16.1 Å². The fraction of sp³-hybridized carbons (Fsp3) is 1.00. The van der Waals surface area contributed by atoms with Crippen LogP contribution in [0.25, 0.3) is 0 Å². The van der Waals surface area contributed by atoms with Gasteiger partial charge in [0.1, 0.15) is 0 Å². The molecule has 4 aliphatic rings. The summed E-state index contributed by atoms with van der Waals surface area (Å²) in [7, 11) is -2.00. The fourth-order valence-corrected chi connectivity index (χ4v) is 11.8. The van der Waals surface area contributed by atoms with Crippen LogP contribution in [0.3, 0.4) is 0 Å². The van der Waals surface area contributed by atoms with Crippen molar-refractivity contribution in [2.75, 3.05) is 0 Å². The van der Waals surface area contributed by atoms with Gasteiger partial charge in [0.15, 0.2) is 0 Å². The van der Waals surface area contributed by atoms with Gasteiger partial charge < -0.3 is 0 Å². The highest BCUT2D eigenvalue weighted by Gasteiger charge is 2.55. The Bertz CT molecular complexity index is 475. The zero-order valence-electron chi connectivity index (χ0n) is 19.3. The van der Waals surface area contributed by atoms with Crippen LogP contribution in [0.15, 0.2) is 0 Å². The van der Waals surface area contributed by atoms with E-state index in [1.54, 1.807) is 38.5 Å². The summed E-state index contributed by atoms with van der Waals surface area (Å²) in [5.74, 6) is 2.11. The van der Waals surface area contributed by atoms with Crippen molar-refractivity contribution >= 4 is 16.1 Å². The minimum atomic E-state index is -0.998. The van der Waals surface area contributed by atoms with Crippen molar-refractivity contribution in [2.45, 2.75) is 139 Å². The van der Waals surface area contributed by atoms with E-state index in [1.165, 1.54) is 32.1 Å². The summed E-state index contributed by atoms with van der Waals surface area (Å²) in [5.41, 5.74) is 2.19. The van der Waals surface area contributed by atoms with E-state index in [1.807, 2.05) is 0 Å². The SMILES string of the molecule is C[Si](C)(C)C1CCC2C(C1)C1CC([Si](C)(C)C)CCC1N2C1CCCCC1. The quantitative estimate of drug-likeness (QED) is 0.442. The molecule has 0 amide bonds. The van der Waals surface area contributed by atoms with Crippen LogP contribution >= 0.6 is 0 Å². The summed E-state index contributed by atoms with van der Waals surface area (Å²) >= 11 is 0. The first kappa shape index (κ1) is 20.7. The fourth-order valence-electron chi connectivity index (χ4n) is 7.78. The van der Waals surface area contributed by atoms with E-state index in [0.29, 0.717) is 0 Å². The third-order valence-corrected chi connectivity index (χ3v) is 15.4. The number of nitrogens with zero attached hydrogens (tertiary/aromatic N) is 1. The smallest absolute Gasteiger partial charge is 0.0473 e.